The fourth-order valence-corrected chi connectivity index (χ4v) is 6.16. The lowest BCUT2D eigenvalue weighted by molar-refractivity contribution is -0.308. The van der Waals surface area contributed by atoms with Gasteiger partial charge in [0.1, 0.15) is 42.9 Å². The van der Waals surface area contributed by atoms with Crippen LogP contribution in [-0.4, -0.2) is 81.9 Å². The number of fused-ring (bicyclic) bond motifs is 3. The number of carbonyl (C=O) groups is 2. The number of benzene rings is 1. The lowest BCUT2D eigenvalue weighted by atomic mass is 9.82. The molecule has 4 N–H and O–H groups in total. The Hall–Kier alpha value is -3.02. The highest BCUT2D eigenvalue weighted by Gasteiger charge is 2.54. The second-order valence-electron chi connectivity index (χ2n) is 10.8. The third-order valence-electron chi connectivity index (χ3n) is 8.41. The molecule has 2 aliphatic heterocycles. The molecule has 1 aromatic rings. The Labute approximate surface area is 226 Å². The highest BCUT2D eigenvalue weighted by Crippen LogP contribution is 2.53. The summed E-state index contributed by atoms with van der Waals surface area (Å²) in [6, 6.07) is 6.07. The van der Waals surface area contributed by atoms with Crippen LogP contribution in [0.3, 0.4) is 0 Å². The van der Waals surface area contributed by atoms with Crippen LogP contribution in [0.15, 0.2) is 60.7 Å². The molecule has 210 valence electrons. The van der Waals surface area contributed by atoms with Crippen molar-refractivity contribution in [1.82, 2.24) is 0 Å². The quantitative estimate of drug-likeness (QED) is 0.235. The average molecular weight is 543 g/mol. The van der Waals surface area contributed by atoms with Gasteiger partial charge in [-0.05, 0) is 48.4 Å². The second kappa shape index (κ2) is 10.9. The van der Waals surface area contributed by atoms with E-state index >= 15 is 0 Å². The number of phenols is 1. The zero-order valence-corrected chi connectivity index (χ0v) is 21.5. The van der Waals surface area contributed by atoms with Crippen molar-refractivity contribution >= 4 is 11.9 Å². The van der Waals surface area contributed by atoms with Crippen LogP contribution in [0.4, 0.5) is 0 Å². The summed E-state index contributed by atoms with van der Waals surface area (Å²) in [5.74, 6) is -1.34. The molecule has 4 aliphatic rings. The van der Waals surface area contributed by atoms with E-state index in [1.54, 1.807) is 12.1 Å². The first-order valence-electron chi connectivity index (χ1n) is 13.1. The van der Waals surface area contributed by atoms with Gasteiger partial charge in [-0.1, -0.05) is 37.4 Å². The molecular weight excluding hydrogens is 508 g/mol. The summed E-state index contributed by atoms with van der Waals surface area (Å²) in [6.45, 7) is 12.0. The summed E-state index contributed by atoms with van der Waals surface area (Å²) in [7, 11) is 0. The fourth-order valence-electron chi connectivity index (χ4n) is 6.16. The predicted octanol–water partition coefficient (Wildman–Crippen LogP) is 1.31. The average Bonchev–Trinajstić information content (AvgIpc) is 3.33. The summed E-state index contributed by atoms with van der Waals surface area (Å²) in [5, 5.41) is 41.0. The number of allylic oxidation sites excluding steroid dienone is 1. The number of ether oxygens (including phenoxy) is 4. The van der Waals surface area contributed by atoms with Crippen molar-refractivity contribution in [2.24, 2.45) is 17.8 Å². The Kier molecular flexibility index (Phi) is 7.67. The monoisotopic (exact) mass is 542 g/mol. The molecule has 4 fully saturated rings. The zero-order valence-electron chi connectivity index (χ0n) is 21.5. The molecule has 10 atom stereocenters. The van der Waals surface area contributed by atoms with Crippen molar-refractivity contribution in [1.29, 1.82) is 0 Å². The Morgan fingerprint density at radius 2 is 1.74 bits per heavy atom. The first-order chi connectivity index (χ1) is 18.5. The van der Waals surface area contributed by atoms with Crippen LogP contribution in [-0.2, 0) is 35.0 Å². The molecule has 0 spiro atoms. The maximum Gasteiger partial charge on any atom is 0.334 e. The molecule has 2 saturated heterocycles. The van der Waals surface area contributed by atoms with Crippen molar-refractivity contribution in [3.8, 4) is 5.75 Å². The number of aliphatic hydroxyl groups excluding tert-OH is 3. The van der Waals surface area contributed by atoms with Gasteiger partial charge in [0.2, 0.25) is 0 Å². The maximum absolute atomic E-state index is 12.3. The summed E-state index contributed by atoms with van der Waals surface area (Å²) in [4.78, 5) is 24.6. The number of esters is 2. The molecule has 2 aliphatic carbocycles. The highest BCUT2D eigenvalue weighted by atomic mass is 16.7. The fraction of sp³-hybridized carbons (Fsp3) is 0.517. The van der Waals surface area contributed by atoms with Crippen LogP contribution >= 0.6 is 0 Å². The summed E-state index contributed by atoms with van der Waals surface area (Å²) in [6.07, 6.45) is -6.36. The van der Waals surface area contributed by atoms with Gasteiger partial charge in [-0.3, -0.25) is 4.79 Å². The third kappa shape index (κ3) is 5.27. The van der Waals surface area contributed by atoms with Crippen molar-refractivity contribution in [3.63, 3.8) is 0 Å². The van der Waals surface area contributed by atoms with Crippen LogP contribution < -0.4 is 0 Å². The Bertz CT molecular complexity index is 1160. The van der Waals surface area contributed by atoms with E-state index in [2.05, 4.69) is 19.7 Å². The van der Waals surface area contributed by atoms with E-state index in [4.69, 9.17) is 18.9 Å². The van der Waals surface area contributed by atoms with Crippen molar-refractivity contribution < 1.29 is 49.0 Å². The van der Waals surface area contributed by atoms with Gasteiger partial charge < -0.3 is 39.4 Å². The van der Waals surface area contributed by atoms with Gasteiger partial charge in [-0.2, -0.15) is 0 Å². The Morgan fingerprint density at radius 3 is 2.46 bits per heavy atom. The summed E-state index contributed by atoms with van der Waals surface area (Å²) >= 11 is 0. The van der Waals surface area contributed by atoms with Crippen LogP contribution in [0.2, 0.25) is 0 Å². The molecule has 5 rings (SSSR count). The number of phenolic OH excluding ortho intramolecular Hbond substituents is 1. The predicted molar refractivity (Wildman–Crippen MR) is 136 cm³/mol. The number of carbonyl (C=O) groups excluding carboxylic acids is 2. The molecule has 0 amide bonds. The number of aliphatic hydroxyl groups is 3. The van der Waals surface area contributed by atoms with Gasteiger partial charge in [-0.25, -0.2) is 4.79 Å². The van der Waals surface area contributed by atoms with E-state index < -0.39 is 54.9 Å². The highest BCUT2D eigenvalue weighted by molar-refractivity contribution is 5.91. The largest absolute Gasteiger partial charge is 0.508 e. The minimum Gasteiger partial charge on any atom is -0.508 e. The van der Waals surface area contributed by atoms with Gasteiger partial charge in [0.15, 0.2) is 6.29 Å². The van der Waals surface area contributed by atoms with Gasteiger partial charge in [0, 0.05) is 17.4 Å². The number of hydrogen-bond acceptors (Lipinski definition) is 10. The summed E-state index contributed by atoms with van der Waals surface area (Å²) in [5.41, 5.74) is 2.76. The normalized spacial score (nSPS) is 38.1. The van der Waals surface area contributed by atoms with E-state index in [1.165, 1.54) is 12.1 Å². The lowest BCUT2D eigenvalue weighted by Crippen LogP contribution is -2.60. The van der Waals surface area contributed by atoms with Crippen LogP contribution in [0.5, 0.6) is 5.75 Å². The van der Waals surface area contributed by atoms with Crippen molar-refractivity contribution in [2.75, 3.05) is 6.61 Å². The Balaban J connectivity index is 1.23. The number of rotatable bonds is 6. The second-order valence-corrected chi connectivity index (χ2v) is 10.8. The van der Waals surface area contributed by atoms with Crippen molar-refractivity contribution in [2.45, 2.75) is 68.6 Å². The molecule has 39 heavy (non-hydrogen) atoms. The van der Waals surface area contributed by atoms with Crippen LogP contribution in [0.25, 0.3) is 0 Å². The molecule has 2 heterocycles. The molecular formula is C29H34O10. The van der Waals surface area contributed by atoms with E-state index in [1.807, 2.05) is 0 Å². The number of hydrogen-bond donors (Lipinski definition) is 4. The van der Waals surface area contributed by atoms with E-state index in [0.29, 0.717) is 29.6 Å². The lowest BCUT2D eigenvalue weighted by Gasteiger charge is -2.41. The molecule has 10 nitrogen and oxygen atoms in total. The molecule has 0 unspecified atom stereocenters. The Morgan fingerprint density at radius 1 is 1.03 bits per heavy atom. The van der Waals surface area contributed by atoms with Gasteiger partial charge in [0.25, 0.3) is 0 Å². The SMILES string of the molecule is C=C1[C@@H]2[C@H]3OC(=O)C(=C)[C@@H]3CCC(=C)[C@@H]2C[C@@H]1O[C@@H]1O[C@H](COC(=O)Cc2ccc(O)cc2)[C@@H](O)[C@H](O)[C@H]1O. The number of aromatic hydroxyl groups is 1. The molecule has 1 aromatic carbocycles. The van der Waals surface area contributed by atoms with Gasteiger partial charge >= 0.3 is 11.9 Å². The van der Waals surface area contributed by atoms with Crippen LogP contribution in [0, 0.1) is 17.8 Å². The zero-order chi connectivity index (χ0) is 28.0. The molecule has 0 bridgehead atoms. The molecule has 2 saturated carbocycles. The molecule has 0 aromatic heterocycles. The maximum atomic E-state index is 12.3. The van der Waals surface area contributed by atoms with Gasteiger partial charge in [0.05, 0.1) is 12.5 Å². The standard InChI is InChI=1S/C29H34O10/c1-13-4-9-18-14(2)28(35)39-27(18)23-15(3)20(11-19(13)23)37-29-26(34)25(33)24(32)21(38-29)12-36-22(31)10-16-5-7-17(30)8-6-16/h5-8,18-21,23-27,29-30,32-34H,1-4,9-12H2/t18-,19-,20-,21+,23-,24+,25-,26+,27-,29+/m0/s1. The first kappa shape index (κ1) is 27.5. The molecule has 10 heteroatoms. The minimum atomic E-state index is -1.61. The first-order valence-corrected chi connectivity index (χ1v) is 13.1. The smallest absolute Gasteiger partial charge is 0.334 e. The van der Waals surface area contributed by atoms with Gasteiger partial charge in [-0.15, -0.1) is 0 Å². The van der Waals surface area contributed by atoms with Crippen LogP contribution in [0.1, 0.15) is 24.8 Å². The molecule has 0 radical (unpaired) electrons. The summed E-state index contributed by atoms with van der Waals surface area (Å²) < 4.78 is 22.8. The topological polar surface area (TPSA) is 152 Å². The van der Waals surface area contributed by atoms with E-state index in [-0.39, 0.29) is 36.5 Å². The van der Waals surface area contributed by atoms with E-state index in [9.17, 15) is 30.0 Å². The van der Waals surface area contributed by atoms with E-state index in [0.717, 1.165) is 12.0 Å². The minimum absolute atomic E-state index is 0.0518. The van der Waals surface area contributed by atoms with Crippen molar-refractivity contribution in [3.05, 3.63) is 66.3 Å². The third-order valence-corrected chi connectivity index (χ3v) is 8.41.